The van der Waals surface area contributed by atoms with Crippen LogP contribution in [-0.2, 0) is 6.42 Å². The van der Waals surface area contributed by atoms with Crippen molar-refractivity contribution in [2.24, 2.45) is 5.92 Å². The van der Waals surface area contributed by atoms with Crippen LogP contribution >= 0.6 is 0 Å². The van der Waals surface area contributed by atoms with Gasteiger partial charge in [-0.25, -0.2) is 8.78 Å². The van der Waals surface area contributed by atoms with Crippen molar-refractivity contribution in [1.82, 2.24) is 4.98 Å². The highest BCUT2D eigenvalue weighted by Gasteiger charge is 2.44. The molecule has 0 radical (unpaired) electrons. The average Bonchev–Trinajstić information content (AvgIpc) is 3.01. The SMILES string of the molecule is Fc1ccc(C2Nc3cccnc3[C@H]3c4ccccc4C[C@@H]23)c(F)c1. The van der Waals surface area contributed by atoms with Crippen molar-refractivity contribution in [3.63, 3.8) is 0 Å². The molecule has 1 aliphatic heterocycles. The van der Waals surface area contributed by atoms with Gasteiger partial charge in [-0.3, -0.25) is 4.98 Å². The van der Waals surface area contributed by atoms with Gasteiger partial charge in [0.2, 0.25) is 0 Å². The molecule has 0 bridgehead atoms. The number of fused-ring (bicyclic) bond motifs is 5. The lowest BCUT2D eigenvalue weighted by Gasteiger charge is -2.37. The van der Waals surface area contributed by atoms with Crippen molar-refractivity contribution in [1.29, 1.82) is 0 Å². The van der Waals surface area contributed by atoms with Crippen molar-refractivity contribution in [2.45, 2.75) is 18.4 Å². The minimum Gasteiger partial charge on any atom is -0.376 e. The molecule has 2 nitrogen and oxygen atoms in total. The molecule has 124 valence electrons. The predicted octanol–water partition coefficient (Wildman–Crippen LogP) is 4.83. The fourth-order valence-corrected chi connectivity index (χ4v) is 4.41. The van der Waals surface area contributed by atoms with Gasteiger partial charge in [-0.15, -0.1) is 0 Å². The highest BCUT2D eigenvalue weighted by atomic mass is 19.1. The lowest BCUT2D eigenvalue weighted by atomic mass is 9.77. The maximum Gasteiger partial charge on any atom is 0.131 e. The van der Waals surface area contributed by atoms with Crippen molar-refractivity contribution >= 4 is 5.69 Å². The zero-order chi connectivity index (χ0) is 17.0. The maximum atomic E-state index is 14.5. The van der Waals surface area contributed by atoms with Gasteiger partial charge < -0.3 is 5.32 Å². The summed E-state index contributed by atoms with van der Waals surface area (Å²) in [5.41, 5.74) is 5.00. The monoisotopic (exact) mass is 334 g/mol. The minimum absolute atomic E-state index is 0.128. The Morgan fingerprint density at radius 2 is 1.84 bits per heavy atom. The van der Waals surface area contributed by atoms with Crippen LogP contribution in [0.2, 0.25) is 0 Å². The van der Waals surface area contributed by atoms with E-state index in [1.807, 2.05) is 24.3 Å². The number of nitrogens with zero attached hydrogens (tertiary/aromatic N) is 1. The molecular formula is C21H16F2N2. The third-order valence-electron chi connectivity index (χ3n) is 5.44. The Labute approximate surface area is 144 Å². The molecule has 0 spiro atoms. The molecule has 2 aliphatic rings. The second kappa shape index (κ2) is 5.38. The van der Waals surface area contributed by atoms with Gasteiger partial charge in [-0.05, 0) is 41.7 Å². The lowest BCUT2D eigenvalue weighted by Crippen LogP contribution is -2.31. The minimum atomic E-state index is -0.551. The zero-order valence-electron chi connectivity index (χ0n) is 13.4. The molecule has 0 saturated carbocycles. The van der Waals surface area contributed by atoms with E-state index in [2.05, 4.69) is 22.4 Å². The first-order valence-electron chi connectivity index (χ1n) is 8.46. The van der Waals surface area contributed by atoms with Crippen LogP contribution in [0.3, 0.4) is 0 Å². The molecular weight excluding hydrogens is 318 g/mol. The fourth-order valence-electron chi connectivity index (χ4n) is 4.41. The van der Waals surface area contributed by atoms with Crippen LogP contribution in [-0.4, -0.2) is 4.98 Å². The topological polar surface area (TPSA) is 24.9 Å². The number of anilines is 1. The van der Waals surface area contributed by atoms with Gasteiger partial charge in [-0.1, -0.05) is 30.3 Å². The number of hydrogen-bond donors (Lipinski definition) is 1. The van der Waals surface area contributed by atoms with E-state index in [-0.39, 0.29) is 17.9 Å². The Morgan fingerprint density at radius 1 is 0.960 bits per heavy atom. The summed E-state index contributed by atoms with van der Waals surface area (Å²) in [4.78, 5) is 4.61. The van der Waals surface area contributed by atoms with E-state index in [1.165, 1.54) is 17.2 Å². The number of hydrogen-bond acceptors (Lipinski definition) is 2. The van der Waals surface area contributed by atoms with Crippen molar-refractivity contribution in [3.05, 3.63) is 94.8 Å². The quantitative estimate of drug-likeness (QED) is 0.689. The molecule has 25 heavy (non-hydrogen) atoms. The number of aromatic nitrogens is 1. The van der Waals surface area contributed by atoms with Crippen molar-refractivity contribution in [2.75, 3.05) is 5.32 Å². The molecule has 3 atom stereocenters. The van der Waals surface area contributed by atoms with Gasteiger partial charge >= 0.3 is 0 Å². The smallest absolute Gasteiger partial charge is 0.131 e. The first-order chi connectivity index (χ1) is 12.2. The van der Waals surface area contributed by atoms with Crippen LogP contribution < -0.4 is 5.32 Å². The third kappa shape index (κ3) is 2.17. The van der Waals surface area contributed by atoms with Crippen LogP contribution in [0.15, 0.2) is 60.8 Å². The van der Waals surface area contributed by atoms with E-state index in [0.717, 1.165) is 23.9 Å². The predicted molar refractivity (Wildman–Crippen MR) is 92.4 cm³/mol. The molecule has 1 N–H and O–H groups in total. The first-order valence-corrected chi connectivity index (χ1v) is 8.46. The zero-order valence-corrected chi connectivity index (χ0v) is 13.4. The molecule has 1 unspecified atom stereocenters. The average molecular weight is 334 g/mol. The van der Waals surface area contributed by atoms with Crippen LogP contribution in [0, 0.1) is 17.6 Å². The molecule has 2 aromatic carbocycles. The number of rotatable bonds is 1. The maximum absolute atomic E-state index is 14.5. The van der Waals surface area contributed by atoms with Gasteiger partial charge in [0.25, 0.3) is 0 Å². The van der Waals surface area contributed by atoms with Gasteiger partial charge in [-0.2, -0.15) is 0 Å². The highest BCUT2D eigenvalue weighted by Crippen LogP contribution is 2.53. The largest absolute Gasteiger partial charge is 0.376 e. The second-order valence-corrected chi connectivity index (χ2v) is 6.77. The molecule has 0 fully saturated rings. The summed E-state index contributed by atoms with van der Waals surface area (Å²) in [5, 5.41) is 3.45. The molecule has 4 heteroatoms. The number of nitrogens with one attached hydrogen (secondary N) is 1. The standard InChI is InChI=1S/C21H16F2N2/c22-13-7-8-15(17(23)11-13)20-16-10-12-4-1-2-5-14(12)19(16)21-18(25-20)6-3-9-24-21/h1-9,11,16,19-20,25H,10H2/t16-,19+,20?/m1/s1. The molecule has 0 amide bonds. The second-order valence-electron chi connectivity index (χ2n) is 6.77. The summed E-state index contributed by atoms with van der Waals surface area (Å²) in [7, 11) is 0. The summed E-state index contributed by atoms with van der Waals surface area (Å²) in [6.07, 6.45) is 2.66. The molecule has 1 aliphatic carbocycles. The molecule has 2 heterocycles. The number of pyridine rings is 1. The Kier molecular flexibility index (Phi) is 3.14. The summed E-state index contributed by atoms with van der Waals surface area (Å²) in [6, 6.07) is 15.9. The molecule has 3 aromatic rings. The van der Waals surface area contributed by atoms with Crippen LogP contribution in [0.4, 0.5) is 14.5 Å². The Balaban J connectivity index is 1.69. The van der Waals surface area contributed by atoms with E-state index in [0.29, 0.717) is 5.56 Å². The van der Waals surface area contributed by atoms with E-state index in [9.17, 15) is 8.78 Å². The van der Waals surface area contributed by atoms with Crippen LogP contribution in [0.5, 0.6) is 0 Å². The summed E-state index contributed by atoms with van der Waals surface area (Å²) in [5.74, 6) is -0.771. The molecule has 1 aromatic heterocycles. The first kappa shape index (κ1) is 14.6. The molecule has 0 saturated heterocycles. The Hall–Kier alpha value is -2.75. The summed E-state index contributed by atoms with van der Waals surface area (Å²) >= 11 is 0. The van der Waals surface area contributed by atoms with Gasteiger partial charge in [0.15, 0.2) is 0 Å². The van der Waals surface area contributed by atoms with E-state index < -0.39 is 11.6 Å². The van der Waals surface area contributed by atoms with Crippen molar-refractivity contribution < 1.29 is 8.78 Å². The van der Waals surface area contributed by atoms with Gasteiger partial charge in [0, 0.05) is 23.7 Å². The summed E-state index contributed by atoms with van der Waals surface area (Å²) in [6.45, 7) is 0. The lowest BCUT2D eigenvalue weighted by molar-refractivity contribution is 0.402. The Bertz CT molecular complexity index is 970. The highest BCUT2D eigenvalue weighted by molar-refractivity contribution is 5.60. The Morgan fingerprint density at radius 3 is 2.72 bits per heavy atom. The van der Waals surface area contributed by atoms with Crippen LogP contribution in [0.1, 0.15) is 34.3 Å². The third-order valence-corrected chi connectivity index (χ3v) is 5.44. The number of halogens is 2. The van der Waals surface area contributed by atoms with Crippen molar-refractivity contribution in [3.8, 4) is 0 Å². The normalized spacial score (nSPS) is 23.4. The van der Waals surface area contributed by atoms with Gasteiger partial charge in [0.05, 0.1) is 17.4 Å². The fraction of sp³-hybridized carbons (Fsp3) is 0.190. The number of benzene rings is 2. The molecule has 5 rings (SSSR count). The van der Waals surface area contributed by atoms with E-state index >= 15 is 0 Å². The van der Waals surface area contributed by atoms with E-state index in [4.69, 9.17) is 0 Å². The summed E-state index contributed by atoms with van der Waals surface area (Å²) < 4.78 is 27.9. The van der Waals surface area contributed by atoms with Crippen LogP contribution in [0.25, 0.3) is 0 Å². The van der Waals surface area contributed by atoms with E-state index in [1.54, 1.807) is 12.3 Å². The van der Waals surface area contributed by atoms with Gasteiger partial charge in [0.1, 0.15) is 11.6 Å².